The van der Waals surface area contributed by atoms with Gasteiger partial charge in [0.25, 0.3) is 5.56 Å². The van der Waals surface area contributed by atoms with E-state index in [1.807, 2.05) is 35.7 Å². The number of fused-ring (bicyclic) bond motifs is 1. The largest absolute Gasteiger partial charge is 0.329 e. The molecule has 0 amide bonds. The maximum atomic E-state index is 12.5. The van der Waals surface area contributed by atoms with Crippen LogP contribution in [-0.2, 0) is 6.54 Å². The summed E-state index contributed by atoms with van der Waals surface area (Å²) >= 11 is 1.55. The summed E-state index contributed by atoms with van der Waals surface area (Å²) in [5.41, 5.74) is 2.03. The highest BCUT2D eigenvalue weighted by molar-refractivity contribution is 7.17. The van der Waals surface area contributed by atoms with E-state index in [4.69, 9.17) is 0 Å². The number of quaternary nitrogens is 1. The number of benzene rings is 1. The maximum absolute atomic E-state index is 12.5. The van der Waals surface area contributed by atoms with Crippen LogP contribution in [0.5, 0.6) is 0 Å². The van der Waals surface area contributed by atoms with Crippen molar-refractivity contribution < 1.29 is 4.90 Å². The number of hydrogen-bond acceptors (Lipinski definition) is 3. The van der Waals surface area contributed by atoms with Gasteiger partial charge in [0.2, 0.25) is 0 Å². The van der Waals surface area contributed by atoms with Crippen LogP contribution >= 0.6 is 11.3 Å². The summed E-state index contributed by atoms with van der Waals surface area (Å²) in [5.74, 6) is 0.816. The molecule has 1 saturated heterocycles. The van der Waals surface area contributed by atoms with Crippen LogP contribution in [0.1, 0.15) is 18.7 Å². The van der Waals surface area contributed by atoms with Crippen molar-refractivity contribution in [2.24, 2.45) is 0 Å². The summed E-state index contributed by atoms with van der Waals surface area (Å²) in [7, 11) is 0. The number of nitrogens with one attached hydrogen (secondary N) is 2. The molecule has 22 heavy (non-hydrogen) atoms. The first-order chi connectivity index (χ1) is 10.8. The number of H-pyrrole nitrogens is 1. The zero-order valence-electron chi connectivity index (χ0n) is 12.3. The van der Waals surface area contributed by atoms with Crippen LogP contribution in [0.2, 0.25) is 0 Å². The van der Waals surface area contributed by atoms with Gasteiger partial charge in [-0.2, -0.15) is 0 Å². The molecule has 0 bridgehead atoms. The predicted molar refractivity (Wildman–Crippen MR) is 89.3 cm³/mol. The highest BCUT2D eigenvalue weighted by Crippen LogP contribution is 2.30. The van der Waals surface area contributed by atoms with Crippen LogP contribution in [0.4, 0.5) is 0 Å². The maximum Gasteiger partial charge on any atom is 0.260 e. The fourth-order valence-electron chi connectivity index (χ4n) is 3.20. The Labute approximate surface area is 132 Å². The molecule has 0 atom stereocenters. The summed E-state index contributed by atoms with van der Waals surface area (Å²) in [4.78, 5) is 22.6. The molecule has 1 fully saturated rings. The quantitative estimate of drug-likeness (QED) is 0.775. The molecule has 0 saturated carbocycles. The standard InChI is InChI=1S/C17H17N3OS/c21-16-15-13(12-6-2-1-3-7-12)11-22-17(15)19-14(18-16)10-20-8-4-5-9-20/h1-3,6-7,11H,4-5,8-10H2,(H,18,19,21)/p+1. The van der Waals surface area contributed by atoms with Gasteiger partial charge in [0.1, 0.15) is 11.4 Å². The third-order valence-corrected chi connectivity index (χ3v) is 5.18. The Morgan fingerprint density at radius 2 is 1.95 bits per heavy atom. The minimum absolute atomic E-state index is 0.0151. The predicted octanol–water partition coefficient (Wildman–Crippen LogP) is 1.83. The molecule has 4 rings (SSSR count). The molecular weight excluding hydrogens is 294 g/mol. The second-order valence-corrected chi connectivity index (χ2v) is 6.70. The first-order valence-corrected chi connectivity index (χ1v) is 8.58. The number of aromatic nitrogens is 2. The van der Waals surface area contributed by atoms with Crippen molar-refractivity contribution in [3.05, 3.63) is 51.9 Å². The topological polar surface area (TPSA) is 50.2 Å². The van der Waals surface area contributed by atoms with Crippen molar-refractivity contribution in [3.63, 3.8) is 0 Å². The molecule has 0 spiro atoms. The van der Waals surface area contributed by atoms with E-state index in [9.17, 15) is 4.79 Å². The summed E-state index contributed by atoms with van der Waals surface area (Å²) in [6.07, 6.45) is 2.55. The number of aromatic amines is 1. The fraction of sp³-hybridized carbons (Fsp3) is 0.294. The minimum Gasteiger partial charge on any atom is -0.329 e. The van der Waals surface area contributed by atoms with E-state index in [1.54, 1.807) is 11.3 Å². The zero-order chi connectivity index (χ0) is 14.9. The van der Waals surface area contributed by atoms with Gasteiger partial charge in [0, 0.05) is 23.8 Å². The zero-order valence-corrected chi connectivity index (χ0v) is 13.1. The highest BCUT2D eigenvalue weighted by Gasteiger charge is 2.18. The second kappa shape index (κ2) is 5.66. The first-order valence-electron chi connectivity index (χ1n) is 7.70. The Bertz CT molecular complexity index is 847. The SMILES string of the molecule is O=c1[nH]c(C[NH+]2CCCC2)nc2scc(-c3ccccc3)c12. The van der Waals surface area contributed by atoms with Crippen molar-refractivity contribution in [1.82, 2.24) is 9.97 Å². The summed E-state index contributed by atoms with van der Waals surface area (Å²) < 4.78 is 0. The molecule has 1 aliphatic rings. The Hall–Kier alpha value is -1.98. The molecule has 1 aliphatic heterocycles. The normalized spacial score (nSPS) is 15.6. The van der Waals surface area contributed by atoms with Crippen molar-refractivity contribution in [3.8, 4) is 11.1 Å². The van der Waals surface area contributed by atoms with Crippen LogP contribution < -0.4 is 10.5 Å². The molecule has 3 aromatic rings. The average Bonchev–Trinajstić information content (AvgIpc) is 3.18. The van der Waals surface area contributed by atoms with Gasteiger partial charge < -0.3 is 9.88 Å². The number of likely N-dealkylation sites (tertiary alicyclic amines) is 1. The Morgan fingerprint density at radius 3 is 2.73 bits per heavy atom. The van der Waals surface area contributed by atoms with E-state index < -0.39 is 0 Å². The smallest absolute Gasteiger partial charge is 0.260 e. The fourth-order valence-corrected chi connectivity index (χ4v) is 4.16. The summed E-state index contributed by atoms with van der Waals surface area (Å²) in [6.45, 7) is 3.19. The van der Waals surface area contributed by atoms with Crippen LogP contribution in [0.15, 0.2) is 40.5 Å². The van der Waals surface area contributed by atoms with E-state index in [2.05, 4.69) is 9.97 Å². The lowest BCUT2D eigenvalue weighted by Gasteiger charge is -2.10. The summed E-state index contributed by atoms with van der Waals surface area (Å²) in [6, 6.07) is 10.0. The molecule has 2 aromatic heterocycles. The van der Waals surface area contributed by atoms with Crippen molar-refractivity contribution in [2.75, 3.05) is 13.1 Å². The molecule has 0 unspecified atom stereocenters. The molecular formula is C17H18N3OS+. The molecule has 112 valence electrons. The third kappa shape index (κ3) is 2.46. The molecule has 4 nitrogen and oxygen atoms in total. The van der Waals surface area contributed by atoms with Crippen LogP contribution in [0.25, 0.3) is 21.3 Å². The van der Waals surface area contributed by atoms with Gasteiger partial charge in [-0.3, -0.25) is 4.79 Å². The van der Waals surface area contributed by atoms with Crippen molar-refractivity contribution in [1.29, 1.82) is 0 Å². The average molecular weight is 312 g/mol. The lowest BCUT2D eigenvalue weighted by Crippen LogP contribution is -3.08. The Balaban J connectivity index is 1.76. The van der Waals surface area contributed by atoms with Gasteiger partial charge in [0.15, 0.2) is 5.82 Å². The third-order valence-electron chi connectivity index (χ3n) is 4.31. The van der Waals surface area contributed by atoms with E-state index in [0.717, 1.165) is 33.7 Å². The first kappa shape index (κ1) is 13.7. The number of rotatable bonds is 3. The Kier molecular flexibility index (Phi) is 3.52. The van der Waals surface area contributed by atoms with E-state index in [0.29, 0.717) is 0 Å². The minimum atomic E-state index is -0.0151. The van der Waals surface area contributed by atoms with E-state index in [1.165, 1.54) is 30.8 Å². The second-order valence-electron chi connectivity index (χ2n) is 5.84. The highest BCUT2D eigenvalue weighted by atomic mass is 32.1. The van der Waals surface area contributed by atoms with Gasteiger partial charge in [-0.05, 0) is 5.56 Å². The van der Waals surface area contributed by atoms with Gasteiger partial charge >= 0.3 is 0 Å². The molecule has 2 N–H and O–H groups in total. The number of nitrogens with zero attached hydrogens (tertiary/aromatic N) is 1. The van der Waals surface area contributed by atoms with E-state index >= 15 is 0 Å². The van der Waals surface area contributed by atoms with Gasteiger partial charge in [-0.15, -0.1) is 11.3 Å². The van der Waals surface area contributed by atoms with Gasteiger partial charge in [0.05, 0.1) is 18.5 Å². The van der Waals surface area contributed by atoms with Crippen LogP contribution in [0, 0.1) is 0 Å². The van der Waals surface area contributed by atoms with Gasteiger partial charge in [-0.1, -0.05) is 30.3 Å². The van der Waals surface area contributed by atoms with Crippen LogP contribution in [0.3, 0.4) is 0 Å². The number of thiophene rings is 1. The van der Waals surface area contributed by atoms with Crippen molar-refractivity contribution >= 4 is 21.6 Å². The molecule has 0 radical (unpaired) electrons. The molecule has 3 heterocycles. The molecule has 0 aliphatic carbocycles. The molecule has 5 heteroatoms. The monoisotopic (exact) mass is 312 g/mol. The van der Waals surface area contributed by atoms with Gasteiger partial charge in [-0.25, -0.2) is 4.98 Å². The number of hydrogen-bond donors (Lipinski definition) is 2. The van der Waals surface area contributed by atoms with Crippen LogP contribution in [-0.4, -0.2) is 23.1 Å². The van der Waals surface area contributed by atoms with E-state index in [-0.39, 0.29) is 5.56 Å². The lowest BCUT2D eigenvalue weighted by molar-refractivity contribution is -0.902. The summed E-state index contributed by atoms with van der Waals surface area (Å²) in [5, 5.41) is 2.76. The lowest BCUT2D eigenvalue weighted by atomic mass is 10.1. The molecule has 1 aromatic carbocycles. The Morgan fingerprint density at radius 1 is 1.18 bits per heavy atom. The van der Waals surface area contributed by atoms with Crippen molar-refractivity contribution in [2.45, 2.75) is 19.4 Å².